The molecule has 0 aliphatic carbocycles. The van der Waals surface area contributed by atoms with E-state index >= 15 is 0 Å². The summed E-state index contributed by atoms with van der Waals surface area (Å²) in [6.45, 7) is 10.4. The summed E-state index contributed by atoms with van der Waals surface area (Å²) in [5.41, 5.74) is 1.36. The quantitative estimate of drug-likeness (QED) is 0.237. The Balaban J connectivity index is 1.33. The molecular weight excluding hydrogens is 530 g/mol. The van der Waals surface area contributed by atoms with Gasteiger partial charge in [-0.15, -0.1) is 0 Å². The summed E-state index contributed by atoms with van der Waals surface area (Å²) in [4.78, 5) is 27.3. The van der Waals surface area contributed by atoms with E-state index in [1.165, 1.54) is 12.0 Å². The molecule has 0 radical (unpaired) electrons. The van der Waals surface area contributed by atoms with Crippen LogP contribution in [0.4, 0.5) is 4.79 Å². The second-order valence-electron chi connectivity index (χ2n) is 12.8. The van der Waals surface area contributed by atoms with Crippen LogP contribution in [0, 0.1) is 11.8 Å². The molecule has 7 unspecified atom stereocenters. The number of carbonyl (C=O) groups excluding carboxylic acids is 2. The van der Waals surface area contributed by atoms with Gasteiger partial charge in [0.1, 0.15) is 6.10 Å². The summed E-state index contributed by atoms with van der Waals surface area (Å²) in [6.07, 6.45) is 21.1. The van der Waals surface area contributed by atoms with E-state index < -0.39 is 0 Å². The molecule has 4 aliphatic heterocycles. The molecule has 8 nitrogen and oxygen atoms in total. The fraction of sp³-hybridized carbons (Fsp3) is 0.765. The third-order valence-electron chi connectivity index (χ3n) is 9.10. The van der Waals surface area contributed by atoms with Crippen molar-refractivity contribution in [3.63, 3.8) is 0 Å². The predicted molar refractivity (Wildman–Crippen MR) is 166 cm³/mol. The molecule has 0 aromatic rings. The van der Waals surface area contributed by atoms with Gasteiger partial charge in [0, 0.05) is 45.1 Å². The molecule has 2 amide bonds. The van der Waals surface area contributed by atoms with Crippen LogP contribution >= 0.6 is 0 Å². The van der Waals surface area contributed by atoms with Gasteiger partial charge in [0.2, 0.25) is 0 Å². The first-order chi connectivity index (χ1) is 20.4. The van der Waals surface area contributed by atoms with Gasteiger partial charge >= 0.3 is 12.0 Å². The maximum Gasteiger partial charge on any atom is 0.317 e. The highest BCUT2D eigenvalue weighted by Gasteiger charge is 2.32. The summed E-state index contributed by atoms with van der Waals surface area (Å²) in [6, 6.07) is 0.0320. The first kappa shape index (κ1) is 32.7. The summed E-state index contributed by atoms with van der Waals surface area (Å²) < 4.78 is 19.1. The summed E-state index contributed by atoms with van der Waals surface area (Å²) in [5, 5.41) is 6.30. The van der Waals surface area contributed by atoms with Gasteiger partial charge in [-0.1, -0.05) is 43.7 Å². The molecule has 0 aromatic carbocycles. The van der Waals surface area contributed by atoms with Gasteiger partial charge in [-0.25, -0.2) is 4.79 Å². The smallest absolute Gasteiger partial charge is 0.317 e. The van der Waals surface area contributed by atoms with Crippen LogP contribution in [0.2, 0.25) is 0 Å². The van der Waals surface area contributed by atoms with E-state index in [2.05, 4.69) is 61.8 Å². The average molecular weight is 586 g/mol. The Morgan fingerprint density at radius 1 is 1.00 bits per heavy atom. The molecule has 236 valence electrons. The maximum absolute atomic E-state index is 13.2. The molecule has 8 heteroatoms. The molecule has 3 fully saturated rings. The number of piperazine rings is 1. The van der Waals surface area contributed by atoms with E-state index in [9.17, 15) is 9.59 Å². The number of unbranched alkanes of at least 4 members (excludes halogenated alkanes) is 2. The van der Waals surface area contributed by atoms with Gasteiger partial charge in [-0.3, -0.25) is 4.79 Å². The molecule has 4 bridgehead atoms. The van der Waals surface area contributed by atoms with Crippen molar-refractivity contribution in [1.82, 2.24) is 15.5 Å². The topological polar surface area (TPSA) is 89.1 Å². The Morgan fingerprint density at radius 2 is 1.74 bits per heavy atom. The van der Waals surface area contributed by atoms with Crippen molar-refractivity contribution < 1.29 is 23.8 Å². The fourth-order valence-electron chi connectivity index (χ4n) is 6.62. The lowest BCUT2D eigenvalue weighted by Gasteiger charge is -2.37. The van der Waals surface area contributed by atoms with Gasteiger partial charge in [-0.2, -0.15) is 0 Å². The number of hydrogen-bond acceptors (Lipinski definition) is 6. The lowest BCUT2D eigenvalue weighted by Crippen LogP contribution is -2.50. The minimum atomic E-state index is -0.322. The molecule has 4 rings (SSSR count). The molecule has 0 saturated carbocycles. The number of amides is 2. The Morgan fingerprint density at radius 3 is 2.52 bits per heavy atom. The molecular formula is C34H55N3O5. The number of rotatable bonds is 6. The largest absolute Gasteiger partial charge is 0.457 e. The van der Waals surface area contributed by atoms with Crippen LogP contribution < -0.4 is 10.6 Å². The summed E-state index contributed by atoms with van der Waals surface area (Å²) in [7, 11) is 0. The zero-order valence-electron chi connectivity index (χ0n) is 26.2. The zero-order chi connectivity index (χ0) is 29.7. The number of fused-ring (bicyclic) bond motifs is 4. The van der Waals surface area contributed by atoms with Gasteiger partial charge in [-0.05, 0) is 76.7 Å². The first-order valence-electron chi connectivity index (χ1n) is 16.6. The van der Waals surface area contributed by atoms with E-state index in [-0.39, 0.29) is 48.8 Å². The van der Waals surface area contributed by atoms with Crippen molar-refractivity contribution in [2.24, 2.45) is 11.8 Å². The van der Waals surface area contributed by atoms with E-state index in [0.717, 1.165) is 84.0 Å². The monoisotopic (exact) mass is 585 g/mol. The normalized spacial score (nSPS) is 34.4. The Bertz CT molecular complexity index is 943. The maximum atomic E-state index is 13.2. The number of nitrogens with zero attached hydrogens (tertiary/aromatic N) is 1. The molecule has 42 heavy (non-hydrogen) atoms. The number of esters is 1. The lowest BCUT2D eigenvalue weighted by molar-refractivity contribution is -0.154. The summed E-state index contributed by atoms with van der Waals surface area (Å²) in [5.74, 6) is 0.256. The Hall–Kier alpha value is -2.16. The van der Waals surface area contributed by atoms with Crippen molar-refractivity contribution >= 4 is 12.0 Å². The van der Waals surface area contributed by atoms with E-state index in [1.54, 1.807) is 0 Å². The number of urea groups is 1. The van der Waals surface area contributed by atoms with Crippen LogP contribution in [-0.4, -0.2) is 80.1 Å². The van der Waals surface area contributed by atoms with Crippen molar-refractivity contribution in [3.05, 3.63) is 36.0 Å². The highest BCUT2D eigenvalue weighted by Crippen LogP contribution is 2.33. The van der Waals surface area contributed by atoms with Crippen LogP contribution in [0.3, 0.4) is 0 Å². The second-order valence-corrected chi connectivity index (χ2v) is 12.8. The summed E-state index contributed by atoms with van der Waals surface area (Å²) >= 11 is 0. The van der Waals surface area contributed by atoms with Crippen LogP contribution in [0.5, 0.6) is 0 Å². The van der Waals surface area contributed by atoms with Gasteiger partial charge < -0.3 is 29.7 Å². The number of cyclic esters (lactones) is 1. The van der Waals surface area contributed by atoms with Gasteiger partial charge in [0.25, 0.3) is 0 Å². The molecule has 7 atom stereocenters. The molecule has 4 aliphatic rings. The molecule has 4 heterocycles. The second kappa shape index (κ2) is 17.2. The number of hydrogen-bond donors (Lipinski definition) is 2. The van der Waals surface area contributed by atoms with Gasteiger partial charge in [0.15, 0.2) is 0 Å². The van der Waals surface area contributed by atoms with Crippen molar-refractivity contribution in [3.8, 4) is 0 Å². The highest BCUT2D eigenvalue weighted by molar-refractivity contribution is 5.74. The Labute approximate surface area is 253 Å². The zero-order valence-corrected chi connectivity index (χ0v) is 26.2. The number of ether oxygens (including phenoxy) is 3. The highest BCUT2D eigenvalue weighted by atomic mass is 16.5. The number of nitrogens with one attached hydrogen (secondary N) is 2. The standard InChI is InChI=1S/C34H55N3O5/c1-4-27-21-30-23-29-11-9-10-28(40-29)20-25(2)13-14-26(3)32(42-33(38)24-31(22-27)41-30)12-7-5-6-8-15-36-34(39)37-18-16-35-17-19-37/h4,7,12-14,25-26,28-32,35H,5-6,8-11,15-24H2,1-3H3,(H,36,39). The predicted octanol–water partition coefficient (Wildman–Crippen LogP) is 5.68. The first-order valence-corrected chi connectivity index (χ1v) is 16.6. The van der Waals surface area contributed by atoms with Crippen molar-refractivity contribution in [1.29, 1.82) is 0 Å². The third kappa shape index (κ3) is 10.8. The van der Waals surface area contributed by atoms with Gasteiger partial charge in [0.05, 0.1) is 30.8 Å². The minimum absolute atomic E-state index is 0.0320. The van der Waals surface area contributed by atoms with Crippen LogP contribution in [0.1, 0.15) is 91.4 Å². The number of allylic oxidation sites excluding steroid dienone is 3. The third-order valence-corrected chi connectivity index (χ3v) is 9.10. The minimum Gasteiger partial charge on any atom is -0.457 e. The lowest BCUT2D eigenvalue weighted by atomic mass is 9.90. The molecule has 0 aromatic heterocycles. The van der Waals surface area contributed by atoms with E-state index in [1.807, 2.05) is 4.90 Å². The Kier molecular flexibility index (Phi) is 13.4. The van der Waals surface area contributed by atoms with E-state index in [0.29, 0.717) is 18.6 Å². The van der Waals surface area contributed by atoms with Crippen LogP contribution in [0.25, 0.3) is 0 Å². The van der Waals surface area contributed by atoms with E-state index in [4.69, 9.17) is 14.2 Å². The van der Waals surface area contributed by atoms with Crippen LogP contribution in [-0.2, 0) is 19.0 Å². The fourth-order valence-corrected chi connectivity index (χ4v) is 6.62. The molecule has 0 spiro atoms. The SMILES string of the molecule is CC=C1CC2CC(=O)OC(C=CCCCCNC(=O)N3CCNCC3)C(C)C=CC(C)CC3CCCC(CC(C1)O2)O3. The average Bonchev–Trinajstić information content (AvgIpc) is 2.98. The molecule has 2 N–H and O–H groups in total. The van der Waals surface area contributed by atoms with Crippen molar-refractivity contribution in [2.45, 2.75) is 122 Å². The number of carbonyl (C=O) groups is 2. The van der Waals surface area contributed by atoms with Crippen LogP contribution in [0.15, 0.2) is 36.0 Å². The molecule has 3 saturated heterocycles. The van der Waals surface area contributed by atoms with Crippen molar-refractivity contribution in [2.75, 3.05) is 32.7 Å².